The molecule has 2 aromatic carbocycles. The zero-order chi connectivity index (χ0) is 24.3. The lowest BCUT2D eigenvalue weighted by Crippen LogP contribution is -2.20. The number of carbonyl (C=O) groups excluding carboxylic acids is 1. The average Bonchev–Trinajstić information content (AvgIpc) is 3.23. The number of nitrogens with one attached hydrogen (secondary N) is 1. The van der Waals surface area contributed by atoms with E-state index in [0.29, 0.717) is 5.75 Å². The van der Waals surface area contributed by atoms with Crippen LogP contribution in [0, 0.1) is 23.3 Å². The van der Waals surface area contributed by atoms with Gasteiger partial charge in [-0.05, 0) is 36.2 Å². The predicted octanol–water partition coefficient (Wildman–Crippen LogP) is 6.64. The Morgan fingerprint density at radius 2 is 1.55 bits per heavy atom. The molecular formula is C22H16F7NO3. The number of carbonyl (C=O) groups is 1. The molecule has 0 unspecified atom stereocenters. The molecule has 3 rings (SSSR count). The van der Waals surface area contributed by atoms with Gasteiger partial charge in [0.1, 0.15) is 29.4 Å². The van der Waals surface area contributed by atoms with Crippen molar-refractivity contribution in [1.82, 2.24) is 0 Å². The van der Waals surface area contributed by atoms with Crippen LogP contribution in [0.15, 0.2) is 40.8 Å². The van der Waals surface area contributed by atoms with Crippen molar-refractivity contribution in [3.63, 3.8) is 0 Å². The summed E-state index contributed by atoms with van der Waals surface area (Å²) in [5, 5.41) is 1.49. The van der Waals surface area contributed by atoms with Crippen molar-refractivity contribution < 1.29 is 44.7 Å². The number of anilines is 1. The molecule has 0 saturated heterocycles. The number of hydrogen-bond donors (Lipinski definition) is 1. The van der Waals surface area contributed by atoms with Crippen molar-refractivity contribution in [2.24, 2.45) is 0 Å². The molecule has 0 radical (unpaired) electrons. The Hall–Kier alpha value is -3.50. The summed E-state index contributed by atoms with van der Waals surface area (Å²) in [6, 6.07) is 9.63. The van der Waals surface area contributed by atoms with E-state index in [0.717, 1.165) is 24.5 Å². The lowest BCUT2D eigenvalue weighted by atomic mass is 10.1. The topological polar surface area (TPSA) is 51.5 Å². The van der Waals surface area contributed by atoms with E-state index in [1.807, 2.05) is 19.1 Å². The number of benzene rings is 2. The van der Waals surface area contributed by atoms with Gasteiger partial charge in [0.15, 0.2) is 29.0 Å². The maximum atomic E-state index is 14.0. The minimum Gasteiger partial charge on any atom is -0.486 e. The molecule has 0 spiro atoms. The minimum atomic E-state index is -5.69. The molecule has 0 aliphatic heterocycles. The normalized spacial score (nSPS) is 11.5. The molecule has 0 bridgehead atoms. The molecule has 3 aromatic rings. The lowest BCUT2D eigenvalue weighted by molar-refractivity contribution is -0.143. The smallest absolute Gasteiger partial charge is 0.422 e. The molecule has 4 nitrogen and oxygen atoms in total. The Kier molecular flexibility index (Phi) is 6.99. The van der Waals surface area contributed by atoms with Crippen LogP contribution in [0.2, 0.25) is 0 Å². The van der Waals surface area contributed by atoms with E-state index in [-0.39, 0.29) is 12.4 Å². The standard InChI is InChI=1S/C22H16F7NO3/c1-2-3-11-4-6-12(7-5-11)32-10-13-8-9-14(33-13)21(31)30-20-18(25)16(23)15(22(27,28)29)17(24)19(20)26/h4-9H,2-3,10H2,1H3,(H,30,31). The summed E-state index contributed by atoms with van der Waals surface area (Å²) in [5.41, 5.74) is -3.34. The largest absolute Gasteiger partial charge is 0.486 e. The fourth-order valence-electron chi connectivity index (χ4n) is 2.94. The monoisotopic (exact) mass is 475 g/mol. The number of halogens is 7. The van der Waals surface area contributed by atoms with Gasteiger partial charge in [-0.2, -0.15) is 13.2 Å². The fourth-order valence-corrected chi connectivity index (χ4v) is 2.94. The first-order valence-corrected chi connectivity index (χ1v) is 9.57. The van der Waals surface area contributed by atoms with Gasteiger partial charge >= 0.3 is 6.18 Å². The molecule has 0 atom stereocenters. The molecule has 176 valence electrons. The van der Waals surface area contributed by atoms with Crippen LogP contribution in [0.4, 0.5) is 36.4 Å². The number of ether oxygens (including phenoxy) is 1. The van der Waals surface area contributed by atoms with Crippen molar-refractivity contribution in [1.29, 1.82) is 0 Å². The molecule has 11 heteroatoms. The minimum absolute atomic E-state index is 0.118. The Morgan fingerprint density at radius 3 is 2.09 bits per heavy atom. The Morgan fingerprint density at radius 1 is 0.939 bits per heavy atom. The third kappa shape index (κ3) is 5.29. The maximum Gasteiger partial charge on any atom is 0.422 e. The second-order valence-corrected chi connectivity index (χ2v) is 6.91. The molecule has 33 heavy (non-hydrogen) atoms. The zero-order valence-electron chi connectivity index (χ0n) is 17.0. The summed E-state index contributed by atoms with van der Waals surface area (Å²) >= 11 is 0. The highest BCUT2D eigenvalue weighted by Gasteiger charge is 2.42. The summed E-state index contributed by atoms with van der Waals surface area (Å²) in [4.78, 5) is 12.2. The molecule has 0 saturated carbocycles. The number of alkyl halides is 3. The average molecular weight is 475 g/mol. The summed E-state index contributed by atoms with van der Waals surface area (Å²) < 4.78 is 104. The van der Waals surface area contributed by atoms with Crippen LogP contribution < -0.4 is 10.1 Å². The second-order valence-electron chi connectivity index (χ2n) is 6.91. The van der Waals surface area contributed by atoms with E-state index >= 15 is 0 Å². The van der Waals surface area contributed by atoms with Gasteiger partial charge < -0.3 is 14.5 Å². The third-order valence-electron chi connectivity index (χ3n) is 4.51. The van der Waals surface area contributed by atoms with Gasteiger partial charge in [0, 0.05) is 0 Å². The highest BCUT2D eigenvalue weighted by Crippen LogP contribution is 2.38. The fraction of sp³-hybridized carbons (Fsp3) is 0.227. The van der Waals surface area contributed by atoms with E-state index in [1.165, 1.54) is 11.4 Å². The molecule has 1 amide bonds. The third-order valence-corrected chi connectivity index (χ3v) is 4.51. The molecular weight excluding hydrogens is 459 g/mol. The van der Waals surface area contributed by atoms with Gasteiger partial charge in [-0.1, -0.05) is 25.5 Å². The molecule has 1 aromatic heterocycles. The molecule has 1 N–H and O–H groups in total. The number of rotatable bonds is 7. The van der Waals surface area contributed by atoms with Crippen LogP contribution >= 0.6 is 0 Å². The van der Waals surface area contributed by atoms with Gasteiger partial charge in [-0.3, -0.25) is 4.79 Å². The Bertz CT molecular complexity index is 1130. The first-order valence-electron chi connectivity index (χ1n) is 9.57. The van der Waals surface area contributed by atoms with E-state index in [2.05, 4.69) is 0 Å². The van der Waals surface area contributed by atoms with Crippen LogP contribution in [-0.2, 0) is 19.2 Å². The molecule has 0 aliphatic rings. The quantitative estimate of drug-likeness (QED) is 0.308. The predicted molar refractivity (Wildman–Crippen MR) is 103 cm³/mol. The summed E-state index contributed by atoms with van der Waals surface area (Å²) in [5.74, 6) is -11.4. The first-order chi connectivity index (χ1) is 15.5. The van der Waals surface area contributed by atoms with E-state index in [9.17, 15) is 35.5 Å². The van der Waals surface area contributed by atoms with Crippen LogP contribution in [-0.4, -0.2) is 5.91 Å². The van der Waals surface area contributed by atoms with Gasteiger partial charge in [0.25, 0.3) is 5.91 Å². The van der Waals surface area contributed by atoms with Gasteiger partial charge in [-0.25, -0.2) is 17.6 Å². The highest BCUT2D eigenvalue weighted by molar-refractivity contribution is 6.02. The maximum absolute atomic E-state index is 14.0. The van der Waals surface area contributed by atoms with Gasteiger partial charge in [0.05, 0.1) is 0 Å². The Balaban J connectivity index is 1.72. The van der Waals surface area contributed by atoms with E-state index in [1.54, 1.807) is 12.1 Å². The molecule has 0 fully saturated rings. The van der Waals surface area contributed by atoms with Crippen LogP contribution in [0.25, 0.3) is 0 Å². The van der Waals surface area contributed by atoms with Gasteiger partial charge in [-0.15, -0.1) is 0 Å². The van der Waals surface area contributed by atoms with Crippen LogP contribution in [0.1, 0.15) is 40.8 Å². The van der Waals surface area contributed by atoms with Crippen molar-refractivity contribution in [2.75, 3.05) is 5.32 Å². The number of aryl methyl sites for hydroxylation is 1. The van der Waals surface area contributed by atoms with Crippen LogP contribution in [0.3, 0.4) is 0 Å². The summed E-state index contributed by atoms with van der Waals surface area (Å²) in [6.07, 6.45) is -3.80. The number of furan rings is 1. The molecule has 1 heterocycles. The van der Waals surface area contributed by atoms with Crippen molar-refractivity contribution in [2.45, 2.75) is 32.5 Å². The van der Waals surface area contributed by atoms with E-state index in [4.69, 9.17) is 9.15 Å². The Labute approximate surface area is 183 Å². The lowest BCUT2D eigenvalue weighted by Gasteiger charge is -2.14. The van der Waals surface area contributed by atoms with Crippen molar-refractivity contribution >= 4 is 11.6 Å². The SMILES string of the molecule is CCCc1ccc(OCc2ccc(C(=O)Nc3c(F)c(F)c(C(F)(F)F)c(F)c3F)o2)cc1. The number of amides is 1. The van der Waals surface area contributed by atoms with Crippen LogP contribution in [0.5, 0.6) is 5.75 Å². The highest BCUT2D eigenvalue weighted by atomic mass is 19.4. The van der Waals surface area contributed by atoms with E-state index < -0.39 is 52.4 Å². The molecule has 0 aliphatic carbocycles. The van der Waals surface area contributed by atoms with Crippen molar-refractivity contribution in [3.05, 3.63) is 82.3 Å². The zero-order valence-corrected chi connectivity index (χ0v) is 17.0. The second kappa shape index (κ2) is 9.55. The van der Waals surface area contributed by atoms with Crippen molar-refractivity contribution in [3.8, 4) is 5.75 Å². The number of hydrogen-bond acceptors (Lipinski definition) is 3. The summed E-state index contributed by atoms with van der Waals surface area (Å²) in [6.45, 7) is 1.93. The van der Waals surface area contributed by atoms with Gasteiger partial charge in [0.2, 0.25) is 0 Å². The first kappa shape index (κ1) is 24.1. The summed E-state index contributed by atoms with van der Waals surface area (Å²) in [7, 11) is 0.